The third-order valence-electron chi connectivity index (χ3n) is 4.52. The Balaban J connectivity index is 0.00000280. The molecule has 7 heteroatoms. The molecule has 3 rings (SSSR count). The summed E-state index contributed by atoms with van der Waals surface area (Å²) in [6.07, 6.45) is 8.36. The van der Waals surface area contributed by atoms with Crippen LogP contribution in [0.15, 0.2) is 47.7 Å². The van der Waals surface area contributed by atoms with Crippen molar-refractivity contribution in [3.63, 3.8) is 0 Å². The van der Waals surface area contributed by atoms with E-state index in [9.17, 15) is 0 Å². The van der Waals surface area contributed by atoms with Crippen LogP contribution in [0.4, 0.5) is 0 Å². The van der Waals surface area contributed by atoms with Gasteiger partial charge in [-0.2, -0.15) is 5.10 Å². The van der Waals surface area contributed by atoms with E-state index in [-0.39, 0.29) is 24.0 Å². The number of ether oxygens (including phenoxy) is 1. The second kappa shape index (κ2) is 12.8. The summed E-state index contributed by atoms with van der Waals surface area (Å²) in [5.74, 6) is 1.72. The van der Waals surface area contributed by atoms with Crippen LogP contribution in [0, 0.1) is 5.92 Å². The normalized spacial score (nSPS) is 13.8. The van der Waals surface area contributed by atoms with Gasteiger partial charge in [-0.3, -0.25) is 4.99 Å². The molecule has 154 valence electrons. The molecule has 1 aromatic heterocycles. The number of hydrogen-bond donors (Lipinski definition) is 2. The monoisotopic (exact) mass is 497 g/mol. The highest BCUT2D eigenvalue weighted by Crippen LogP contribution is 2.28. The molecule has 1 fully saturated rings. The molecule has 0 saturated heterocycles. The summed E-state index contributed by atoms with van der Waals surface area (Å²) < 4.78 is 7.53. The van der Waals surface area contributed by atoms with Crippen molar-refractivity contribution in [3.05, 3.63) is 48.3 Å². The van der Waals surface area contributed by atoms with Gasteiger partial charge in [-0.15, -0.1) is 24.0 Å². The molecule has 6 nitrogen and oxygen atoms in total. The van der Waals surface area contributed by atoms with Crippen LogP contribution in [0.25, 0.3) is 5.69 Å². The maximum absolute atomic E-state index is 5.66. The second-order valence-corrected chi connectivity index (χ2v) is 6.93. The summed E-state index contributed by atoms with van der Waals surface area (Å²) in [7, 11) is 0. The van der Waals surface area contributed by atoms with Gasteiger partial charge < -0.3 is 15.4 Å². The quantitative estimate of drug-likeness (QED) is 0.216. The number of halogens is 1. The van der Waals surface area contributed by atoms with Gasteiger partial charge in [-0.25, -0.2) is 4.68 Å². The van der Waals surface area contributed by atoms with Gasteiger partial charge in [-0.1, -0.05) is 12.1 Å². The summed E-state index contributed by atoms with van der Waals surface area (Å²) in [5, 5.41) is 11.0. The molecule has 0 aliphatic heterocycles. The molecular formula is C21H32IN5O. The largest absolute Gasteiger partial charge is 0.381 e. The Morgan fingerprint density at radius 3 is 2.75 bits per heavy atom. The van der Waals surface area contributed by atoms with E-state index in [2.05, 4.69) is 51.9 Å². The maximum Gasteiger partial charge on any atom is 0.191 e. The molecule has 0 unspecified atom stereocenters. The lowest BCUT2D eigenvalue weighted by Gasteiger charge is -2.11. The van der Waals surface area contributed by atoms with Crippen molar-refractivity contribution in [2.75, 3.05) is 32.8 Å². The Labute approximate surface area is 185 Å². The molecule has 0 atom stereocenters. The first kappa shape index (κ1) is 22.7. The number of nitrogens with one attached hydrogen (secondary N) is 2. The lowest BCUT2D eigenvalue weighted by Crippen LogP contribution is -2.38. The summed E-state index contributed by atoms with van der Waals surface area (Å²) in [6, 6.07) is 10.4. The van der Waals surface area contributed by atoms with Gasteiger partial charge in [0.2, 0.25) is 0 Å². The zero-order chi connectivity index (χ0) is 18.7. The number of guanidine groups is 1. The maximum atomic E-state index is 5.66. The Kier molecular flexibility index (Phi) is 10.3. The fourth-order valence-electron chi connectivity index (χ4n) is 2.80. The first-order chi connectivity index (χ1) is 13.3. The van der Waals surface area contributed by atoms with Crippen LogP contribution < -0.4 is 10.6 Å². The first-order valence-electron chi connectivity index (χ1n) is 10.0. The van der Waals surface area contributed by atoms with E-state index >= 15 is 0 Å². The predicted octanol–water partition coefficient (Wildman–Crippen LogP) is 3.40. The van der Waals surface area contributed by atoms with Gasteiger partial charge in [-0.05, 0) is 62.3 Å². The summed E-state index contributed by atoms with van der Waals surface area (Å²) >= 11 is 0. The molecular weight excluding hydrogens is 465 g/mol. The topological polar surface area (TPSA) is 63.5 Å². The van der Waals surface area contributed by atoms with Gasteiger partial charge >= 0.3 is 0 Å². The van der Waals surface area contributed by atoms with Gasteiger partial charge in [0.1, 0.15) is 0 Å². The van der Waals surface area contributed by atoms with Crippen molar-refractivity contribution >= 4 is 29.9 Å². The molecule has 1 aromatic carbocycles. The number of rotatable bonds is 11. The highest BCUT2D eigenvalue weighted by molar-refractivity contribution is 14.0. The third-order valence-corrected chi connectivity index (χ3v) is 4.52. The average Bonchev–Trinajstić information content (AvgIpc) is 3.35. The van der Waals surface area contributed by atoms with Crippen LogP contribution >= 0.6 is 24.0 Å². The molecule has 28 heavy (non-hydrogen) atoms. The van der Waals surface area contributed by atoms with E-state index in [0.29, 0.717) is 0 Å². The summed E-state index contributed by atoms with van der Waals surface area (Å²) in [4.78, 5) is 4.63. The summed E-state index contributed by atoms with van der Waals surface area (Å²) in [5.41, 5.74) is 2.37. The van der Waals surface area contributed by atoms with E-state index in [4.69, 9.17) is 4.74 Å². The lowest BCUT2D eigenvalue weighted by atomic mass is 10.1. The van der Waals surface area contributed by atoms with Crippen molar-refractivity contribution in [2.45, 2.75) is 32.6 Å². The Bertz CT molecular complexity index is 683. The first-order valence-corrected chi connectivity index (χ1v) is 10.0. The third kappa shape index (κ3) is 8.18. The Morgan fingerprint density at radius 2 is 2.07 bits per heavy atom. The minimum atomic E-state index is 0. The zero-order valence-electron chi connectivity index (χ0n) is 16.6. The van der Waals surface area contributed by atoms with Gasteiger partial charge in [0.25, 0.3) is 0 Å². The highest BCUT2D eigenvalue weighted by Gasteiger charge is 2.20. The number of hydrogen-bond acceptors (Lipinski definition) is 3. The molecule has 0 bridgehead atoms. The minimum absolute atomic E-state index is 0. The van der Waals surface area contributed by atoms with Crippen LogP contribution in [0.1, 0.15) is 31.7 Å². The van der Waals surface area contributed by atoms with Crippen molar-refractivity contribution in [2.24, 2.45) is 10.9 Å². The number of benzene rings is 1. The molecule has 1 aliphatic carbocycles. The fraction of sp³-hybridized carbons (Fsp3) is 0.524. The molecule has 2 aromatic rings. The minimum Gasteiger partial charge on any atom is -0.381 e. The van der Waals surface area contributed by atoms with Crippen LogP contribution in [0.2, 0.25) is 0 Å². The number of nitrogens with zero attached hydrogens (tertiary/aromatic N) is 3. The van der Waals surface area contributed by atoms with Crippen LogP contribution in [0.5, 0.6) is 0 Å². The van der Waals surface area contributed by atoms with Crippen LogP contribution in [0.3, 0.4) is 0 Å². The average molecular weight is 497 g/mol. The fourth-order valence-corrected chi connectivity index (χ4v) is 2.80. The molecule has 0 amide bonds. The molecule has 0 spiro atoms. The van der Waals surface area contributed by atoms with Crippen LogP contribution in [-0.4, -0.2) is 48.6 Å². The standard InChI is InChI=1S/C21H31N5O.HI/c1-2-22-21(23-12-4-16-27-17-19-5-6-19)24-14-11-18-7-9-20(10-8-18)26-15-3-13-25-26;/h3,7-10,13,15,19H,2,4-6,11-12,14,16-17H2,1H3,(H2,22,23,24);1H. The van der Waals surface area contributed by atoms with E-state index in [1.807, 2.05) is 16.9 Å². The van der Waals surface area contributed by atoms with E-state index in [0.717, 1.165) is 63.3 Å². The number of aliphatic imine (C=N–C) groups is 1. The van der Waals surface area contributed by atoms with Gasteiger partial charge in [0, 0.05) is 45.2 Å². The van der Waals surface area contributed by atoms with Gasteiger partial charge in [0.15, 0.2) is 5.96 Å². The van der Waals surface area contributed by atoms with Gasteiger partial charge in [0.05, 0.1) is 5.69 Å². The number of aromatic nitrogens is 2. The second-order valence-electron chi connectivity index (χ2n) is 6.93. The molecule has 0 radical (unpaired) electrons. The zero-order valence-corrected chi connectivity index (χ0v) is 19.0. The van der Waals surface area contributed by atoms with Crippen molar-refractivity contribution < 1.29 is 4.74 Å². The molecule has 1 aliphatic rings. The van der Waals surface area contributed by atoms with Crippen molar-refractivity contribution in [1.29, 1.82) is 0 Å². The van der Waals surface area contributed by atoms with E-state index in [1.165, 1.54) is 18.4 Å². The van der Waals surface area contributed by atoms with E-state index < -0.39 is 0 Å². The lowest BCUT2D eigenvalue weighted by molar-refractivity contribution is 0.123. The summed E-state index contributed by atoms with van der Waals surface area (Å²) in [6.45, 7) is 6.33. The molecule has 1 heterocycles. The SMILES string of the molecule is CCNC(=NCCCOCC1CC1)NCCc1ccc(-n2cccn2)cc1.I. The Hall–Kier alpha value is -1.61. The van der Waals surface area contributed by atoms with Crippen molar-refractivity contribution in [3.8, 4) is 5.69 Å². The molecule has 1 saturated carbocycles. The predicted molar refractivity (Wildman–Crippen MR) is 125 cm³/mol. The smallest absolute Gasteiger partial charge is 0.191 e. The van der Waals surface area contributed by atoms with Crippen molar-refractivity contribution in [1.82, 2.24) is 20.4 Å². The molecule has 2 N–H and O–H groups in total. The Morgan fingerprint density at radius 1 is 1.25 bits per heavy atom. The van der Waals surface area contributed by atoms with E-state index in [1.54, 1.807) is 6.20 Å². The van der Waals surface area contributed by atoms with Crippen LogP contribution in [-0.2, 0) is 11.2 Å². The highest BCUT2D eigenvalue weighted by atomic mass is 127.